The van der Waals surface area contributed by atoms with E-state index in [9.17, 15) is 22.4 Å². The highest BCUT2D eigenvalue weighted by Gasteiger charge is 2.44. The standard InChI is InChI=1S/C28H30F4N6O4/c1-40-16-27(7-8-27)37-9-5-17(13-37)26(39)33-12-24-35-25(36-42-24)23-11-18-20(34-21-6-10-41-14-19(21)29)3-2-4-22(18)38(23)15-28(30,31)32/h2-5,9,11,13,19,21,34H,6-8,10,12,14-16H2,1H3,(H,33,39)/t19-,21+/m0/s1. The third kappa shape index (κ3) is 5.73. The number of hydrogen-bond donors (Lipinski definition) is 2. The first kappa shape index (κ1) is 28.2. The first-order valence-corrected chi connectivity index (χ1v) is 13.6. The first-order valence-electron chi connectivity index (χ1n) is 13.6. The lowest BCUT2D eigenvalue weighted by Gasteiger charge is -2.28. The zero-order valence-corrected chi connectivity index (χ0v) is 22.8. The lowest BCUT2D eigenvalue weighted by atomic mass is 10.1. The molecule has 0 unspecified atom stereocenters. The van der Waals surface area contributed by atoms with Gasteiger partial charge in [-0.05, 0) is 43.5 Å². The fraction of sp³-hybridized carbons (Fsp3) is 0.464. The summed E-state index contributed by atoms with van der Waals surface area (Å²) in [6, 6.07) is 7.55. The zero-order valence-electron chi connectivity index (χ0n) is 22.8. The predicted octanol–water partition coefficient (Wildman–Crippen LogP) is 4.66. The van der Waals surface area contributed by atoms with E-state index in [0.29, 0.717) is 36.3 Å². The topological polar surface area (TPSA) is 108 Å². The number of nitrogens with zero attached hydrogens (tertiary/aromatic N) is 4. The number of anilines is 1. The Morgan fingerprint density at radius 1 is 1.26 bits per heavy atom. The summed E-state index contributed by atoms with van der Waals surface area (Å²) in [5, 5.41) is 10.2. The Bertz CT molecular complexity index is 1570. The van der Waals surface area contributed by atoms with Gasteiger partial charge in [-0.2, -0.15) is 18.2 Å². The highest BCUT2D eigenvalue weighted by atomic mass is 19.4. The predicted molar refractivity (Wildman–Crippen MR) is 144 cm³/mol. The van der Waals surface area contributed by atoms with Gasteiger partial charge >= 0.3 is 6.18 Å². The molecule has 1 amide bonds. The van der Waals surface area contributed by atoms with Crippen LogP contribution in [0.2, 0.25) is 0 Å². The van der Waals surface area contributed by atoms with E-state index in [1.807, 2.05) is 10.8 Å². The van der Waals surface area contributed by atoms with Crippen LogP contribution in [0.5, 0.6) is 0 Å². The van der Waals surface area contributed by atoms with Gasteiger partial charge in [-0.15, -0.1) is 0 Å². The fourth-order valence-corrected chi connectivity index (χ4v) is 5.42. The van der Waals surface area contributed by atoms with E-state index in [1.54, 1.807) is 37.6 Å². The van der Waals surface area contributed by atoms with Crippen molar-refractivity contribution >= 4 is 22.5 Å². The fourth-order valence-electron chi connectivity index (χ4n) is 5.42. The lowest BCUT2D eigenvalue weighted by Crippen LogP contribution is -2.39. The van der Waals surface area contributed by atoms with Crippen molar-refractivity contribution in [2.75, 3.05) is 32.2 Å². The normalized spacial score (nSPS) is 20.1. The molecule has 0 bridgehead atoms. The van der Waals surface area contributed by atoms with Gasteiger partial charge in [0, 0.05) is 37.2 Å². The summed E-state index contributed by atoms with van der Waals surface area (Å²) in [5.41, 5.74) is 1.18. The molecule has 1 aliphatic carbocycles. The number of benzene rings is 1. The van der Waals surface area contributed by atoms with E-state index < -0.39 is 24.9 Å². The van der Waals surface area contributed by atoms with Crippen LogP contribution in [-0.4, -0.2) is 70.5 Å². The van der Waals surface area contributed by atoms with Gasteiger partial charge in [0.1, 0.15) is 12.7 Å². The minimum absolute atomic E-state index is 0.0282. The Morgan fingerprint density at radius 3 is 2.83 bits per heavy atom. The molecule has 42 heavy (non-hydrogen) atoms. The summed E-state index contributed by atoms with van der Waals surface area (Å²) in [6.45, 7) is -0.510. The third-order valence-corrected chi connectivity index (χ3v) is 7.75. The van der Waals surface area contributed by atoms with Crippen molar-refractivity contribution in [3.63, 3.8) is 0 Å². The summed E-state index contributed by atoms with van der Waals surface area (Å²) in [5.74, 6) is -0.398. The first-order chi connectivity index (χ1) is 20.2. The van der Waals surface area contributed by atoms with Crippen molar-refractivity contribution in [1.29, 1.82) is 0 Å². The van der Waals surface area contributed by atoms with Gasteiger partial charge in [0.2, 0.25) is 11.7 Å². The molecule has 3 aromatic heterocycles. The summed E-state index contributed by atoms with van der Waals surface area (Å²) in [6.07, 6.45) is 0.170. The number of fused-ring (bicyclic) bond motifs is 1. The van der Waals surface area contributed by atoms with Crippen molar-refractivity contribution in [2.24, 2.45) is 0 Å². The number of alkyl halides is 4. The second kappa shape index (κ2) is 11.1. The number of ether oxygens (including phenoxy) is 2. The van der Waals surface area contributed by atoms with E-state index in [1.165, 1.54) is 6.07 Å². The maximum absolute atomic E-state index is 14.4. The quantitative estimate of drug-likeness (QED) is 0.259. The number of halogens is 4. The SMILES string of the molecule is COCC1(n2ccc(C(=O)NCc3nc(-c4cc5c(N[C@@H]6CCOC[C@@H]6F)cccc5n4CC(F)(F)F)no3)c2)CC1. The largest absolute Gasteiger partial charge is 0.406 e. The van der Waals surface area contributed by atoms with Crippen LogP contribution in [0.15, 0.2) is 47.2 Å². The average Bonchev–Trinajstić information content (AvgIpc) is 3.30. The highest BCUT2D eigenvalue weighted by molar-refractivity contribution is 5.96. The smallest absolute Gasteiger partial charge is 0.382 e. The zero-order chi connectivity index (χ0) is 29.5. The Kier molecular flexibility index (Phi) is 7.43. The molecule has 2 aliphatic rings. The summed E-state index contributed by atoms with van der Waals surface area (Å²) >= 11 is 0. The van der Waals surface area contributed by atoms with Crippen LogP contribution >= 0.6 is 0 Å². The van der Waals surface area contributed by atoms with E-state index in [2.05, 4.69) is 20.8 Å². The van der Waals surface area contributed by atoms with Gasteiger partial charge in [0.25, 0.3) is 5.91 Å². The van der Waals surface area contributed by atoms with E-state index >= 15 is 0 Å². The molecule has 10 nitrogen and oxygen atoms in total. The number of rotatable bonds is 10. The maximum atomic E-state index is 14.4. The van der Waals surface area contributed by atoms with E-state index in [0.717, 1.165) is 17.4 Å². The number of carbonyl (C=O) groups excluding carboxylic acids is 1. The molecular formula is C28H30F4N6O4. The van der Waals surface area contributed by atoms with E-state index in [-0.39, 0.29) is 47.5 Å². The van der Waals surface area contributed by atoms with Crippen molar-refractivity contribution in [1.82, 2.24) is 24.6 Å². The van der Waals surface area contributed by atoms with Gasteiger partial charge in [0.05, 0.1) is 48.1 Å². The summed E-state index contributed by atoms with van der Waals surface area (Å²) < 4.78 is 74.1. The average molecular weight is 591 g/mol. The van der Waals surface area contributed by atoms with Gasteiger partial charge < -0.3 is 33.8 Å². The molecule has 224 valence electrons. The number of amides is 1. The maximum Gasteiger partial charge on any atom is 0.406 e. The molecule has 0 spiro atoms. The van der Waals surface area contributed by atoms with Gasteiger partial charge in [-0.1, -0.05) is 11.2 Å². The number of methoxy groups -OCH3 is 1. The number of hydrogen-bond acceptors (Lipinski definition) is 7. The Morgan fingerprint density at radius 2 is 2.10 bits per heavy atom. The Hall–Kier alpha value is -3.91. The van der Waals surface area contributed by atoms with Crippen LogP contribution in [0.3, 0.4) is 0 Å². The molecule has 1 aromatic carbocycles. The Labute approximate surface area is 237 Å². The highest BCUT2D eigenvalue weighted by Crippen LogP contribution is 2.44. The molecule has 4 aromatic rings. The summed E-state index contributed by atoms with van der Waals surface area (Å²) in [4.78, 5) is 17.0. The van der Waals surface area contributed by atoms with Crippen LogP contribution in [0, 0.1) is 0 Å². The van der Waals surface area contributed by atoms with Crippen molar-refractivity contribution in [3.05, 3.63) is 54.2 Å². The molecule has 2 fully saturated rings. The number of carbonyl (C=O) groups is 1. The molecule has 6 rings (SSSR count). The van der Waals surface area contributed by atoms with Gasteiger partial charge in [-0.3, -0.25) is 4.79 Å². The molecule has 2 N–H and O–H groups in total. The van der Waals surface area contributed by atoms with Crippen LogP contribution in [-0.2, 0) is 28.1 Å². The monoisotopic (exact) mass is 590 g/mol. The third-order valence-electron chi connectivity index (χ3n) is 7.75. The molecular weight excluding hydrogens is 560 g/mol. The van der Waals surface area contributed by atoms with Gasteiger partial charge in [0.15, 0.2) is 0 Å². The van der Waals surface area contributed by atoms with Crippen LogP contribution < -0.4 is 10.6 Å². The van der Waals surface area contributed by atoms with Crippen LogP contribution in [0.4, 0.5) is 23.2 Å². The van der Waals surface area contributed by atoms with Crippen molar-refractivity contribution < 1.29 is 36.4 Å². The van der Waals surface area contributed by atoms with Crippen molar-refractivity contribution in [2.45, 2.75) is 56.3 Å². The van der Waals surface area contributed by atoms with Crippen LogP contribution in [0.25, 0.3) is 22.4 Å². The second-order valence-corrected chi connectivity index (χ2v) is 10.8. The molecule has 4 heterocycles. The lowest BCUT2D eigenvalue weighted by molar-refractivity contribution is -0.139. The summed E-state index contributed by atoms with van der Waals surface area (Å²) in [7, 11) is 1.64. The van der Waals surface area contributed by atoms with Crippen molar-refractivity contribution in [3.8, 4) is 11.5 Å². The molecule has 14 heteroatoms. The second-order valence-electron chi connectivity index (χ2n) is 10.8. The Balaban J connectivity index is 1.22. The molecule has 1 saturated heterocycles. The molecule has 0 radical (unpaired) electrons. The number of nitrogens with one attached hydrogen (secondary N) is 2. The van der Waals surface area contributed by atoms with Gasteiger partial charge in [-0.25, -0.2) is 4.39 Å². The minimum Gasteiger partial charge on any atom is -0.382 e. The molecule has 2 atom stereocenters. The van der Waals surface area contributed by atoms with Crippen LogP contribution in [0.1, 0.15) is 35.5 Å². The molecule has 1 aliphatic heterocycles. The van der Waals surface area contributed by atoms with E-state index in [4.69, 9.17) is 14.0 Å². The number of aromatic nitrogens is 4. The molecule has 1 saturated carbocycles. The minimum atomic E-state index is -4.53.